The summed E-state index contributed by atoms with van der Waals surface area (Å²) in [5.74, 6) is 0.686. The highest BCUT2D eigenvalue weighted by molar-refractivity contribution is 6.30. The van der Waals surface area contributed by atoms with Crippen molar-refractivity contribution >= 4 is 23.1 Å². The first-order valence-corrected chi connectivity index (χ1v) is 7.83. The second-order valence-electron chi connectivity index (χ2n) is 5.20. The van der Waals surface area contributed by atoms with Crippen molar-refractivity contribution in [2.24, 2.45) is 0 Å². The van der Waals surface area contributed by atoms with Crippen LogP contribution < -0.4 is 10.1 Å². The summed E-state index contributed by atoms with van der Waals surface area (Å²) >= 11 is 6.04. The highest BCUT2D eigenvalue weighted by atomic mass is 35.5. The summed E-state index contributed by atoms with van der Waals surface area (Å²) in [6.07, 6.45) is 2.34. The molecule has 23 heavy (non-hydrogen) atoms. The lowest BCUT2D eigenvalue weighted by Crippen LogP contribution is -2.04. The summed E-state index contributed by atoms with van der Waals surface area (Å²) in [4.78, 5) is 12.4. The van der Waals surface area contributed by atoms with E-state index in [2.05, 4.69) is 5.32 Å². The summed E-state index contributed by atoms with van der Waals surface area (Å²) < 4.78 is 5.10. The molecular formula is C19H20ClNO2. The fourth-order valence-corrected chi connectivity index (χ4v) is 2.30. The summed E-state index contributed by atoms with van der Waals surface area (Å²) in [5, 5.41) is 3.95. The highest BCUT2D eigenvalue weighted by Gasteiger charge is 2.07. The Labute approximate surface area is 141 Å². The Morgan fingerprint density at radius 1 is 1.22 bits per heavy atom. The number of anilines is 1. The van der Waals surface area contributed by atoms with Crippen LogP contribution in [-0.2, 0) is 0 Å². The molecule has 2 aromatic carbocycles. The minimum absolute atomic E-state index is 0.0447. The summed E-state index contributed by atoms with van der Waals surface area (Å²) in [6.45, 7) is 4.00. The normalized spacial score (nSPS) is 11.2. The zero-order valence-electron chi connectivity index (χ0n) is 13.5. The number of carbonyl (C=O) groups excluding carboxylic acids is 1. The van der Waals surface area contributed by atoms with Gasteiger partial charge in [-0.2, -0.15) is 0 Å². The van der Waals surface area contributed by atoms with Gasteiger partial charge in [-0.3, -0.25) is 4.79 Å². The number of benzene rings is 2. The van der Waals surface area contributed by atoms with Gasteiger partial charge < -0.3 is 10.1 Å². The molecule has 4 heteroatoms. The van der Waals surface area contributed by atoms with Gasteiger partial charge in [0.25, 0.3) is 0 Å². The van der Waals surface area contributed by atoms with E-state index in [1.54, 1.807) is 37.5 Å². The van der Waals surface area contributed by atoms with Crippen LogP contribution in [-0.4, -0.2) is 12.9 Å². The van der Waals surface area contributed by atoms with Gasteiger partial charge in [-0.25, -0.2) is 0 Å². The van der Waals surface area contributed by atoms with Gasteiger partial charge in [-0.1, -0.05) is 24.6 Å². The van der Waals surface area contributed by atoms with Crippen molar-refractivity contribution in [2.45, 2.75) is 20.3 Å². The van der Waals surface area contributed by atoms with Gasteiger partial charge in [0.1, 0.15) is 5.75 Å². The maximum atomic E-state index is 12.4. The van der Waals surface area contributed by atoms with Crippen LogP contribution in [0.2, 0.25) is 5.02 Å². The number of hydrogen-bond acceptors (Lipinski definition) is 3. The van der Waals surface area contributed by atoms with Crippen LogP contribution in [0, 0.1) is 6.92 Å². The number of ether oxygens (including phenoxy) is 1. The molecule has 0 aliphatic rings. The smallest absolute Gasteiger partial charge is 0.187 e. The Hall–Kier alpha value is -2.26. The molecule has 0 bridgehead atoms. The molecule has 0 fully saturated rings. The van der Waals surface area contributed by atoms with Crippen molar-refractivity contribution in [3.63, 3.8) is 0 Å². The first-order valence-electron chi connectivity index (χ1n) is 7.45. The zero-order chi connectivity index (χ0) is 16.8. The van der Waals surface area contributed by atoms with E-state index < -0.39 is 0 Å². The van der Waals surface area contributed by atoms with E-state index >= 15 is 0 Å². The maximum Gasteiger partial charge on any atom is 0.187 e. The Bertz CT molecular complexity index is 721. The molecule has 0 saturated carbocycles. The van der Waals surface area contributed by atoms with Gasteiger partial charge in [0, 0.05) is 28.0 Å². The summed E-state index contributed by atoms with van der Waals surface area (Å²) in [6, 6.07) is 12.7. The van der Waals surface area contributed by atoms with E-state index in [4.69, 9.17) is 16.3 Å². The fourth-order valence-electron chi connectivity index (χ4n) is 2.13. The number of carbonyl (C=O) groups is 1. The molecule has 0 heterocycles. The molecule has 2 rings (SSSR count). The quantitative estimate of drug-likeness (QED) is 0.581. The molecule has 2 aromatic rings. The summed E-state index contributed by atoms with van der Waals surface area (Å²) in [7, 11) is 1.60. The topological polar surface area (TPSA) is 38.3 Å². The molecule has 0 atom stereocenters. The van der Waals surface area contributed by atoms with Crippen LogP contribution in [0.25, 0.3) is 0 Å². The molecule has 0 saturated heterocycles. The Morgan fingerprint density at radius 3 is 2.52 bits per heavy atom. The van der Waals surface area contributed by atoms with E-state index in [1.165, 1.54) is 0 Å². The summed E-state index contributed by atoms with van der Waals surface area (Å²) in [5.41, 5.74) is 3.45. The minimum atomic E-state index is -0.0447. The molecule has 0 aliphatic carbocycles. The molecule has 0 radical (unpaired) electrons. The SMILES string of the molecule is CCC(=CC(=O)c1ccc(OC)cc1)Nc1cc(Cl)ccc1C. The van der Waals surface area contributed by atoms with Crippen LogP contribution in [0.3, 0.4) is 0 Å². The van der Waals surface area contributed by atoms with Crippen LogP contribution in [0.1, 0.15) is 29.3 Å². The lowest BCUT2D eigenvalue weighted by Gasteiger charge is -2.12. The van der Waals surface area contributed by atoms with Gasteiger partial charge in [0.15, 0.2) is 5.78 Å². The first-order chi connectivity index (χ1) is 11.0. The Balaban J connectivity index is 2.19. The van der Waals surface area contributed by atoms with Gasteiger partial charge >= 0.3 is 0 Å². The standard InChI is InChI=1S/C19H20ClNO2/c1-4-16(21-18-11-15(20)8-5-13(18)2)12-19(22)14-6-9-17(23-3)10-7-14/h5-12,21H,4H2,1-3H3. The second-order valence-corrected chi connectivity index (χ2v) is 5.64. The molecule has 0 aromatic heterocycles. The van der Waals surface area contributed by atoms with Gasteiger partial charge in [-0.15, -0.1) is 0 Å². The van der Waals surface area contributed by atoms with E-state index in [0.29, 0.717) is 17.0 Å². The number of aryl methyl sites for hydroxylation is 1. The number of methoxy groups -OCH3 is 1. The Kier molecular flexibility index (Phi) is 5.83. The van der Waals surface area contributed by atoms with E-state index in [9.17, 15) is 4.79 Å². The largest absolute Gasteiger partial charge is 0.497 e. The third-order valence-corrected chi connectivity index (χ3v) is 3.79. The molecule has 120 valence electrons. The Morgan fingerprint density at radius 2 is 1.91 bits per heavy atom. The third-order valence-electron chi connectivity index (χ3n) is 3.56. The van der Waals surface area contributed by atoms with E-state index in [1.807, 2.05) is 32.0 Å². The van der Waals surface area contributed by atoms with Crippen LogP contribution >= 0.6 is 11.6 Å². The number of nitrogens with one attached hydrogen (secondary N) is 1. The number of halogens is 1. The van der Waals surface area contributed by atoms with Crippen LogP contribution in [0.4, 0.5) is 5.69 Å². The predicted octanol–water partition coefficient (Wildman–Crippen LogP) is 5.25. The van der Waals surface area contributed by atoms with E-state index in [0.717, 1.165) is 22.7 Å². The van der Waals surface area contributed by atoms with Crippen LogP contribution in [0.15, 0.2) is 54.2 Å². The number of ketones is 1. The second kappa shape index (κ2) is 7.84. The van der Waals surface area contributed by atoms with Gasteiger partial charge in [0.05, 0.1) is 7.11 Å². The molecule has 0 unspecified atom stereocenters. The van der Waals surface area contributed by atoms with Crippen molar-refractivity contribution in [1.82, 2.24) is 0 Å². The molecular weight excluding hydrogens is 310 g/mol. The molecule has 0 amide bonds. The van der Waals surface area contributed by atoms with Gasteiger partial charge in [-0.05, 0) is 55.3 Å². The average molecular weight is 330 g/mol. The van der Waals surface area contributed by atoms with Gasteiger partial charge in [0.2, 0.25) is 0 Å². The minimum Gasteiger partial charge on any atom is -0.497 e. The highest BCUT2D eigenvalue weighted by Crippen LogP contribution is 2.22. The maximum absolute atomic E-state index is 12.4. The van der Waals surface area contributed by atoms with Crippen molar-refractivity contribution in [3.05, 3.63) is 70.4 Å². The van der Waals surface area contributed by atoms with Crippen LogP contribution in [0.5, 0.6) is 5.75 Å². The number of allylic oxidation sites excluding steroid dienone is 2. The lowest BCUT2D eigenvalue weighted by molar-refractivity contribution is 0.104. The number of hydrogen-bond donors (Lipinski definition) is 1. The zero-order valence-corrected chi connectivity index (χ0v) is 14.3. The molecule has 3 nitrogen and oxygen atoms in total. The molecule has 0 aliphatic heterocycles. The molecule has 1 N–H and O–H groups in total. The third kappa shape index (κ3) is 4.60. The first kappa shape index (κ1) is 17.1. The predicted molar refractivity (Wildman–Crippen MR) is 95.5 cm³/mol. The van der Waals surface area contributed by atoms with Crippen molar-refractivity contribution < 1.29 is 9.53 Å². The van der Waals surface area contributed by atoms with E-state index in [-0.39, 0.29) is 5.78 Å². The van der Waals surface area contributed by atoms with Crippen molar-refractivity contribution in [2.75, 3.05) is 12.4 Å². The fraction of sp³-hybridized carbons (Fsp3) is 0.211. The lowest BCUT2D eigenvalue weighted by atomic mass is 10.1. The average Bonchev–Trinajstić information content (AvgIpc) is 2.57. The monoisotopic (exact) mass is 329 g/mol. The number of rotatable bonds is 6. The van der Waals surface area contributed by atoms with Crippen molar-refractivity contribution in [1.29, 1.82) is 0 Å². The van der Waals surface area contributed by atoms with Crippen molar-refractivity contribution in [3.8, 4) is 5.75 Å². The molecule has 0 spiro atoms.